The molecular weight excluding hydrogens is 218 g/mol. The first kappa shape index (κ1) is 12.0. The van der Waals surface area contributed by atoms with Crippen molar-refractivity contribution in [2.45, 2.75) is 38.5 Å². The molecule has 0 unspecified atom stereocenters. The van der Waals surface area contributed by atoms with Crippen molar-refractivity contribution in [2.75, 3.05) is 18.1 Å². The topological polar surface area (TPSA) is 54.7 Å². The van der Waals surface area contributed by atoms with Crippen LogP contribution in [-0.4, -0.2) is 28.0 Å². The van der Waals surface area contributed by atoms with Gasteiger partial charge in [0.1, 0.15) is 5.82 Å². The van der Waals surface area contributed by atoms with Gasteiger partial charge >= 0.3 is 0 Å². The summed E-state index contributed by atoms with van der Waals surface area (Å²) in [6, 6.07) is 0. The van der Waals surface area contributed by atoms with Gasteiger partial charge in [-0.15, -0.1) is 0 Å². The number of imidazole rings is 1. The van der Waals surface area contributed by atoms with Crippen molar-refractivity contribution >= 4 is 11.8 Å². The maximum absolute atomic E-state index is 5.59. The molecule has 0 radical (unpaired) electrons. The number of aryl methyl sites for hydroxylation is 1. The van der Waals surface area contributed by atoms with Gasteiger partial charge < -0.3 is 10.7 Å². The molecule has 1 aliphatic heterocycles. The Morgan fingerprint density at radius 3 is 2.75 bits per heavy atom. The van der Waals surface area contributed by atoms with E-state index < -0.39 is 0 Å². The van der Waals surface area contributed by atoms with Crippen molar-refractivity contribution in [3.8, 4) is 0 Å². The lowest BCUT2D eigenvalue weighted by Gasteiger charge is -2.31. The lowest BCUT2D eigenvalue weighted by Crippen LogP contribution is -2.28. The van der Waals surface area contributed by atoms with Gasteiger partial charge in [0.25, 0.3) is 0 Å². The van der Waals surface area contributed by atoms with Crippen molar-refractivity contribution in [2.24, 2.45) is 5.73 Å². The summed E-state index contributed by atoms with van der Waals surface area (Å²) in [5, 5.41) is 0. The largest absolute Gasteiger partial charge is 0.345 e. The van der Waals surface area contributed by atoms with Gasteiger partial charge in [0, 0.05) is 17.5 Å². The number of thioether (sulfide) groups is 1. The van der Waals surface area contributed by atoms with Crippen LogP contribution in [0.25, 0.3) is 0 Å². The number of nitrogens with two attached hydrogens (primary N) is 1. The van der Waals surface area contributed by atoms with E-state index in [0.29, 0.717) is 6.54 Å². The molecule has 3 nitrogen and oxygen atoms in total. The molecule has 1 fully saturated rings. The van der Waals surface area contributed by atoms with Crippen LogP contribution in [0.3, 0.4) is 0 Å². The van der Waals surface area contributed by atoms with Crippen molar-refractivity contribution < 1.29 is 0 Å². The highest BCUT2D eigenvalue weighted by Crippen LogP contribution is 2.36. The Balaban J connectivity index is 2.22. The molecule has 0 aromatic carbocycles. The zero-order valence-corrected chi connectivity index (χ0v) is 11.0. The van der Waals surface area contributed by atoms with E-state index in [9.17, 15) is 0 Å². The van der Waals surface area contributed by atoms with E-state index in [2.05, 4.69) is 30.6 Å². The van der Waals surface area contributed by atoms with Gasteiger partial charge in [0.15, 0.2) is 0 Å². The number of H-pyrrole nitrogens is 1. The second-order valence-electron chi connectivity index (χ2n) is 4.87. The average molecular weight is 239 g/mol. The second-order valence-corrected chi connectivity index (χ2v) is 6.09. The fraction of sp³-hybridized carbons (Fsp3) is 0.750. The SMILES string of the molecule is Cc1[nH]c(C2(C)CCSCC2)nc1CCN. The normalized spacial score (nSPS) is 19.9. The zero-order chi connectivity index (χ0) is 11.6. The predicted octanol–water partition coefficient (Wildman–Crippen LogP) is 2.00. The molecular formula is C12H21N3S. The first-order valence-electron chi connectivity index (χ1n) is 5.99. The molecule has 0 atom stereocenters. The molecule has 90 valence electrons. The van der Waals surface area contributed by atoms with Crippen LogP contribution in [0.1, 0.15) is 37.0 Å². The molecule has 1 saturated heterocycles. The molecule has 0 spiro atoms. The van der Waals surface area contributed by atoms with E-state index in [0.717, 1.165) is 12.1 Å². The van der Waals surface area contributed by atoms with E-state index in [1.54, 1.807) is 0 Å². The van der Waals surface area contributed by atoms with Crippen LogP contribution in [0.5, 0.6) is 0 Å². The Hall–Kier alpha value is -0.480. The van der Waals surface area contributed by atoms with E-state index in [4.69, 9.17) is 10.7 Å². The van der Waals surface area contributed by atoms with Gasteiger partial charge in [-0.2, -0.15) is 11.8 Å². The molecule has 3 N–H and O–H groups in total. The number of nitrogens with one attached hydrogen (secondary N) is 1. The number of rotatable bonds is 3. The molecule has 0 bridgehead atoms. The second kappa shape index (κ2) is 4.80. The lowest BCUT2D eigenvalue weighted by atomic mass is 9.83. The molecule has 0 saturated carbocycles. The highest BCUT2D eigenvalue weighted by molar-refractivity contribution is 7.99. The summed E-state index contributed by atoms with van der Waals surface area (Å²) in [5.41, 5.74) is 8.19. The highest BCUT2D eigenvalue weighted by atomic mass is 32.2. The quantitative estimate of drug-likeness (QED) is 0.848. The molecule has 1 aliphatic rings. The van der Waals surface area contributed by atoms with Crippen molar-refractivity contribution in [1.29, 1.82) is 0 Å². The Morgan fingerprint density at radius 1 is 1.44 bits per heavy atom. The predicted molar refractivity (Wildman–Crippen MR) is 70.0 cm³/mol. The standard InChI is InChI=1S/C12H21N3S/c1-9-10(3-6-13)15-11(14-9)12(2)4-7-16-8-5-12/h3-8,13H2,1-2H3,(H,14,15). The molecule has 16 heavy (non-hydrogen) atoms. The van der Waals surface area contributed by atoms with Crippen LogP contribution >= 0.6 is 11.8 Å². The highest BCUT2D eigenvalue weighted by Gasteiger charge is 2.32. The third-order valence-electron chi connectivity index (χ3n) is 3.53. The van der Waals surface area contributed by atoms with Crippen LogP contribution < -0.4 is 5.73 Å². The number of aromatic nitrogens is 2. The number of hydrogen-bond donors (Lipinski definition) is 2. The van der Waals surface area contributed by atoms with Gasteiger partial charge in [-0.1, -0.05) is 6.92 Å². The molecule has 1 aromatic heterocycles. The zero-order valence-electron chi connectivity index (χ0n) is 10.2. The average Bonchev–Trinajstić information content (AvgIpc) is 2.63. The van der Waals surface area contributed by atoms with Crippen molar-refractivity contribution in [1.82, 2.24) is 9.97 Å². The Morgan fingerprint density at radius 2 is 2.12 bits per heavy atom. The maximum Gasteiger partial charge on any atom is 0.112 e. The van der Waals surface area contributed by atoms with Crippen LogP contribution in [0.4, 0.5) is 0 Å². The summed E-state index contributed by atoms with van der Waals surface area (Å²) in [5.74, 6) is 3.68. The molecule has 0 aliphatic carbocycles. The summed E-state index contributed by atoms with van der Waals surface area (Å²) in [6.45, 7) is 5.11. The summed E-state index contributed by atoms with van der Waals surface area (Å²) in [6.07, 6.45) is 3.34. The van der Waals surface area contributed by atoms with Crippen LogP contribution in [0.15, 0.2) is 0 Å². The first-order chi connectivity index (χ1) is 7.65. The summed E-state index contributed by atoms with van der Waals surface area (Å²) in [7, 11) is 0. The third kappa shape index (κ3) is 2.28. The summed E-state index contributed by atoms with van der Waals surface area (Å²) in [4.78, 5) is 8.21. The van der Waals surface area contributed by atoms with Gasteiger partial charge in [-0.05, 0) is 37.8 Å². The van der Waals surface area contributed by atoms with Crippen molar-refractivity contribution in [3.05, 3.63) is 17.2 Å². The smallest absolute Gasteiger partial charge is 0.112 e. The van der Waals surface area contributed by atoms with E-state index in [1.165, 1.54) is 35.9 Å². The molecule has 0 amide bonds. The minimum absolute atomic E-state index is 0.253. The Kier molecular flexibility index (Phi) is 3.60. The Labute approximate surface area is 102 Å². The Bertz CT molecular complexity index is 353. The molecule has 1 aromatic rings. The summed E-state index contributed by atoms with van der Waals surface area (Å²) < 4.78 is 0. The van der Waals surface area contributed by atoms with Crippen LogP contribution in [0, 0.1) is 6.92 Å². The van der Waals surface area contributed by atoms with Gasteiger partial charge in [-0.3, -0.25) is 0 Å². The monoisotopic (exact) mass is 239 g/mol. The van der Waals surface area contributed by atoms with Gasteiger partial charge in [0.05, 0.1) is 5.69 Å². The van der Waals surface area contributed by atoms with Crippen molar-refractivity contribution in [3.63, 3.8) is 0 Å². The van der Waals surface area contributed by atoms with E-state index in [1.807, 2.05) is 0 Å². The maximum atomic E-state index is 5.59. The van der Waals surface area contributed by atoms with Crippen LogP contribution in [0.2, 0.25) is 0 Å². The van der Waals surface area contributed by atoms with Crippen LogP contribution in [-0.2, 0) is 11.8 Å². The molecule has 4 heteroatoms. The summed E-state index contributed by atoms with van der Waals surface area (Å²) >= 11 is 2.05. The number of nitrogens with zero attached hydrogens (tertiary/aromatic N) is 1. The molecule has 2 heterocycles. The van der Waals surface area contributed by atoms with E-state index in [-0.39, 0.29) is 5.41 Å². The van der Waals surface area contributed by atoms with E-state index >= 15 is 0 Å². The fourth-order valence-corrected chi connectivity index (χ4v) is 3.62. The number of hydrogen-bond acceptors (Lipinski definition) is 3. The minimum atomic E-state index is 0.253. The first-order valence-corrected chi connectivity index (χ1v) is 7.15. The van der Waals surface area contributed by atoms with Gasteiger partial charge in [-0.25, -0.2) is 4.98 Å². The third-order valence-corrected chi connectivity index (χ3v) is 4.52. The fourth-order valence-electron chi connectivity index (χ4n) is 2.22. The van der Waals surface area contributed by atoms with Gasteiger partial charge in [0.2, 0.25) is 0 Å². The molecule has 2 rings (SSSR count). The lowest BCUT2D eigenvalue weighted by molar-refractivity contribution is 0.412. The minimum Gasteiger partial charge on any atom is -0.345 e. The number of aromatic amines is 1.